The van der Waals surface area contributed by atoms with E-state index < -0.39 is 0 Å². The van der Waals surface area contributed by atoms with Crippen LogP contribution in [0, 0.1) is 5.82 Å². The summed E-state index contributed by atoms with van der Waals surface area (Å²) >= 11 is 0. The van der Waals surface area contributed by atoms with E-state index >= 15 is 0 Å². The van der Waals surface area contributed by atoms with Crippen molar-refractivity contribution < 1.29 is 9.13 Å². The fourth-order valence-corrected chi connectivity index (χ4v) is 2.05. The van der Waals surface area contributed by atoms with E-state index in [0.717, 1.165) is 31.4 Å². The zero-order valence-corrected chi connectivity index (χ0v) is 9.03. The lowest BCUT2D eigenvalue weighted by Crippen LogP contribution is -2.39. The van der Waals surface area contributed by atoms with E-state index in [9.17, 15) is 4.39 Å². The number of hydrogen-bond acceptors (Lipinski definition) is 4. The minimum absolute atomic E-state index is 0.00218. The van der Waals surface area contributed by atoms with Crippen molar-refractivity contribution >= 4 is 0 Å². The molecule has 1 aliphatic rings. The van der Waals surface area contributed by atoms with Gasteiger partial charge in [0, 0.05) is 12.8 Å². The van der Waals surface area contributed by atoms with Crippen molar-refractivity contribution in [2.75, 3.05) is 6.61 Å². The van der Waals surface area contributed by atoms with E-state index in [1.54, 1.807) is 6.20 Å². The number of nitrogens with zero attached hydrogens (tertiary/aromatic N) is 1. The summed E-state index contributed by atoms with van der Waals surface area (Å²) in [6, 6.07) is 1.25. The van der Waals surface area contributed by atoms with Gasteiger partial charge < -0.3 is 4.74 Å². The summed E-state index contributed by atoms with van der Waals surface area (Å²) in [4.78, 5) is 3.82. The summed E-state index contributed by atoms with van der Waals surface area (Å²) in [6.45, 7) is 0.742. The molecule has 0 radical (unpaired) electrons. The summed E-state index contributed by atoms with van der Waals surface area (Å²) in [6.07, 6.45) is 5.93. The Morgan fingerprint density at radius 2 is 2.38 bits per heavy atom. The number of nitrogens with two attached hydrogens (primary N) is 1. The number of hydrogen-bond donors (Lipinski definition) is 2. The first-order valence-electron chi connectivity index (χ1n) is 5.49. The third kappa shape index (κ3) is 2.55. The predicted molar refractivity (Wildman–Crippen MR) is 57.9 cm³/mol. The van der Waals surface area contributed by atoms with Crippen LogP contribution >= 0.6 is 0 Å². The number of halogens is 1. The van der Waals surface area contributed by atoms with E-state index in [4.69, 9.17) is 10.6 Å². The van der Waals surface area contributed by atoms with Gasteiger partial charge in [-0.1, -0.05) is 0 Å². The van der Waals surface area contributed by atoms with Crippen LogP contribution < -0.4 is 11.3 Å². The molecule has 1 aliphatic heterocycles. The molecular weight excluding hydrogens is 209 g/mol. The highest BCUT2D eigenvalue weighted by molar-refractivity contribution is 5.16. The van der Waals surface area contributed by atoms with Crippen LogP contribution in [0.5, 0.6) is 0 Å². The Morgan fingerprint density at radius 3 is 3.00 bits per heavy atom. The van der Waals surface area contributed by atoms with Crippen LogP contribution in [0.4, 0.5) is 4.39 Å². The molecule has 1 aromatic rings. The van der Waals surface area contributed by atoms with Crippen LogP contribution in [0.15, 0.2) is 18.5 Å². The molecule has 88 valence electrons. The van der Waals surface area contributed by atoms with E-state index in [0.29, 0.717) is 0 Å². The van der Waals surface area contributed by atoms with Gasteiger partial charge in [-0.2, -0.15) is 0 Å². The molecule has 2 heterocycles. The van der Waals surface area contributed by atoms with Crippen molar-refractivity contribution in [2.24, 2.45) is 5.84 Å². The van der Waals surface area contributed by atoms with Gasteiger partial charge in [0.15, 0.2) is 0 Å². The zero-order chi connectivity index (χ0) is 11.4. The molecule has 0 aliphatic carbocycles. The van der Waals surface area contributed by atoms with E-state index in [1.165, 1.54) is 12.3 Å². The molecule has 3 N–H and O–H groups in total. The molecule has 0 bridgehead atoms. The fraction of sp³-hybridized carbons (Fsp3) is 0.545. The average Bonchev–Trinajstić information content (AvgIpc) is 2.31. The van der Waals surface area contributed by atoms with Gasteiger partial charge in [0.2, 0.25) is 0 Å². The van der Waals surface area contributed by atoms with Crippen LogP contribution in [0.2, 0.25) is 0 Å². The summed E-state index contributed by atoms with van der Waals surface area (Å²) in [5, 5.41) is 0. The molecule has 2 unspecified atom stereocenters. The number of ether oxygens (including phenoxy) is 1. The molecule has 0 aromatic carbocycles. The number of aromatic nitrogens is 1. The molecule has 4 nitrogen and oxygen atoms in total. The predicted octanol–water partition coefficient (Wildman–Crippen LogP) is 1.29. The average molecular weight is 225 g/mol. The minimum Gasteiger partial charge on any atom is -0.376 e. The number of pyridine rings is 1. The Labute approximate surface area is 94.0 Å². The van der Waals surface area contributed by atoms with Crippen molar-refractivity contribution in [3.8, 4) is 0 Å². The molecule has 1 aromatic heterocycles. The molecular formula is C11H16FN3O. The summed E-state index contributed by atoms with van der Waals surface area (Å²) < 4.78 is 18.7. The highest BCUT2D eigenvalue weighted by Gasteiger charge is 2.25. The SMILES string of the molecule is NNC(c1cncc(F)c1)C1CCCCO1. The molecule has 2 atom stereocenters. The second-order valence-corrected chi connectivity index (χ2v) is 3.99. The Kier molecular flexibility index (Phi) is 3.82. The van der Waals surface area contributed by atoms with Crippen molar-refractivity contribution in [3.63, 3.8) is 0 Å². The largest absolute Gasteiger partial charge is 0.376 e. The first-order chi connectivity index (χ1) is 7.81. The van der Waals surface area contributed by atoms with Crippen molar-refractivity contribution in [1.82, 2.24) is 10.4 Å². The lowest BCUT2D eigenvalue weighted by atomic mass is 9.97. The first kappa shape index (κ1) is 11.4. The topological polar surface area (TPSA) is 60.2 Å². The monoisotopic (exact) mass is 225 g/mol. The lowest BCUT2D eigenvalue weighted by Gasteiger charge is -2.30. The molecule has 0 amide bonds. The Bertz CT molecular complexity index is 342. The summed E-state index contributed by atoms with van der Waals surface area (Å²) in [7, 11) is 0. The Balaban J connectivity index is 2.14. The second-order valence-electron chi connectivity index (χ2n) is 3.99. The Hall–Kier alpha value is -1.04. The molecule has 0 spiro atoms. The lowest BCUT2D eigenvalue weighted by molar-refractivity contribution is -0.00833. The summed E-state index contributed by atoms with van der Waals surface area (Å²) in [5.74, 6) is 5.15. The third-order valence-electron chi connectivity index (χ3n) is 2.85. The standard InChI is InChI=1S/C11H16FN3O/c12-9-5-8(6-14-7-9)11(15-13)10-3-1-2-4-16-10/h5-7,10-11,15H,1-4,13H2. The highest BCUT2D eigenvalue weighted by atomic mass is 19.1. The quantitative estimate of drug-likeness (QED) is 0.601. The van der Waals surface area contributed by atoms with Gasteiger partial charge >= 0.3 is 0 Å². The maximum Gasteiger partial charge on any atom is 0.141 e. The van der Waals surface area contributed by atoms with Crippen molar-refractivity contribution in [3.05, 3.63) is 29.8 Å². The normalized spacial score (nSPS) is 23.0. The van der Waals surface area contributed by atoms with E-state index in [2.05, 4.69) is 10.4 Å². The van der Waals surface area contributed by atoms with Crippen LogP contribution in [-0.4, -0.2) is 17.7 Å². The van der Waals surface area contributed by atoms with Gasteiger partial charge in [0.25, 0.3) is 0 Å². The maximum absolute atomic E-state index is 13.1. The highest BCUT2D eigenvalue weighted by Crippen LogP contribution is 2.25. The smallest absolute Gasteiger partial charge is 0.141 e. The van der Waals surface area contributed by atoms with Gasteiger partial charge in [0.1, 0.15) is 5.82 Å². The molecule has 1 fully saturated rings. The van der Waals surface area contributed by atoms with Crippen LogP contribution in [-0.2, 0) is 4.74 Å². The Morgan fingerprint density at radius 1 is 1.50 bits per heavy atom. The van der Waals surface area contributed by atoms with Crippen molar-refractivity contribution in [2.45, 2.75) is 31.4 Å². The molecule has 16 heavy (non-hydrogen) atoms. The zero-order valence-electron chi connectivity index (χ0n) is 9.03. The van der Waals surface area contributed by atoms with Crippen LogP contribution in [0.3, 0.4) is 0 Å². The van der Waals surface area contributed by atoms with Gasteiger partial charge in [-0.15, -0.1) is 0 Å². The van der Waals surface area contributed by atoms with Gasteiger partial charge in [-0.05, 0) is 30.9 Å². The van der Waals surface area contributed by atoms with Gasteiger partial charge in [-0.25, -0.2) is 4.39 Å². The van der Waals surface area contributed by atoms with Gasteiger partial charge in [-0.3, -0.25) is 16.3 Å². The maximum atomic E-state index is 13.1. The molecule has 5 heteroatoms. The number of rotatable bonds is 3. The van der Waals surface area contributed by atoms with Crippen LogP contribution in [0.25, 0.3) is 0 Å². The van der Waals surface area contributed by atoms with E-state index in [-0.39, 0.29) is 18.0 Å². The van der Waals surface area contributed by atoms with Crippen LogP contribution in [0.1, 0.15) is 30.9 Å². The molecule has 1 saturated heterocycles. The fourth-order valence-electron chi connectivity index (χ4n) is 2.05. The van der Waals surface area contributed by atoms with Crippen molar-refractivity contribution in [1.29, 1.82) is 0 Å². The van der Waals surface area contributed by atoms with E-state index in [1.807, 2.05) is 0 Å². The number of hydrazine groups is 1. The summed E-state index contributed by atoms with van der Waals surface area (Å²) in [5.41, 5.74) is 3.41. The van der Waals surface area contributed by atoms with Gasteiger partial charge in [0.05, 0.1) is 18.3 Å². The second kappa shape index (κ2) is 5.34. The molecule has 2 rings (SSSR count). The number of nitrogens with one attached hydrogen (secondary N) is 1. The minimum atomic E-state index is -0.353. The first-order valence-corrected chi connectivity index (χ1v) is 5.49. The third-order valence-corrected chi connectivity index (χ3v) is 2.85. The molecule has 0 saturated carbocycles.